The summed E-state index contributed by atoms with van der Waals surface area (Å²) in [5.74, 6) is 0. The summed E-state index contributed by atoms with van der Waals surface area (Å²) in [6.07, 6.45) is 1.85. The summed E-state index contributed by atoms with van der Waals surface area (Å²) < 4.78 is 17.3. The molecule has 21 heavy (non-hydrogen) atoms. The van der Waals surface area contributed by atoms with Gasteiger partial charge in [0.05, 0.1) is 0 Å². The first-order valence-electron chi connectivity index (χ1n) is 7.22. The van der Waals surface area contributed by atoms with E-state index in [1.54, 1.807) is 0 Å². The van der Waals surface area contributed by atoms with E-state index < -0.39 is 21.0 Å². The van der Waals surface area contributed by atoms with Gasteiger partial charge in [0, 0.05) is 0 Å². The Bertz CT molecular complexity index is 448. The number of hydrogen-bond donors (Lipinski definition) is 0. The Labute approximate surface area is 148 Å². The van der Waals surface area contributed by atoms with Crippen LogP contribution in [-0.2, 0) is 20.4 Å². The Hall–Kier alpha value is -0.0826. The van der Waals surface area contributed by atoms with Gasteiger partial charge in [-0.15, -0.1) is 0 Å². The average molecular weight is 500 g/mol. The van der Waals surface area contributed by atoms with Crippen molar-refractivity contribution in [3.63, 3.8) is 0 Å². The molecular formula is C16H22O3Sn2. The van der Waals surface area contributed by atoms with Crippen LogP contribution in [0.25, 0.3) is 0 Å². The molecule has 3 nitrogen and oxygen atoms in total. The van der Waals surface area contributed by atoms with Crippen molar-refractivity contribution in [2.24, 2.45) is 0 Å². The van der Waals surface area contributed by atoms with Crippen LogP contribution in [0, 0.1) is 0 Å². The van der Waals surface area contributed by atoms with Gasteiger partial charge in [0.15, 0.2) is 0 Å². The Kier molecular flexibility index (Phi) is 8.73. The number of hydrogen-bond acceptors (Lipinski definition) is 3. The first-order valence-corrected chi connectivity index (χ1v) is 13.6. The second-order valence-corrected chi connectivity index (χ2v) is 18.7. The summed E-state index contributed by atoms with van der Waals surface area (Å²) in [6, 6.07) is 20.8. The molecule has 0 unspecified atom stereocenters. The molecule has 5 heteroatoms. The topological polar surface area (TPSA) is 27.7 Å². The normalized spacial score (nSPS) is 11.1. The van der Waals surface area contributed by atoms with Crippen molar-refractivity contribution in [1.82, 2.24) is 0 Å². The van der Waals surface area contributed by atoms with E-state index in [0.717, 1.165) is 12.8 Å². The van der Waals surface area contributed by atoms with Crippen LogP contribution in [-0.4, -0.2) is 57.2 Å². The van der Waals surface area contributed by atoms with Crippen molar-refractivity contribution >= 4 is 43.9 Å². The molecule has 0 aromatic heterocycles. The van der Waals surface area contributed by atoms with E-state index in [1.165, 1.54) is 11.1 Å². The molecule has 0 fully saturated rings. The molecule has 2 aromatic rings. The van der Waals surface area contributed by atoms with Crippen molar-refractivity contribution in [1.29, 1.82) is 0 Å². The van der Waals surface area contributed by atoms with Crippen molar-refractivity contribution in [3.05, 3.63) is 71.8 Å². The Morgan fingerprint density at radius 1 is 0.714 bits per heavy atom. The molecule has 0 radical (unpaired) electrons. The molecule has 0 atom stereocenters. The molecule has 0 saturated heterocycles. The van der Waals surface area contributed by atoms with Crippen LogP contribution >= 0.6 is 0 Å². The van der Waals surface area contributed by atoms with E-state index in [1.807, 2.05) is 12.1 Å². The Morgan fingerprint density at radius 3 is 1.52 bits per heavy atom. The Morgan fingerprint density at radius 2 is 1.14 bits per heavy atom. The maximum atomic E-state index is 5.85. The second kappa shape index (κ2) is 10.6. The molecule has 112 valence electrons. The maximum absolute atomic E-state index is 5.85. The predicted molar refractivity (Wildman–Crippen MR) is 90.4 cm³/mol. The third-order valence-electron chi connectivity index (χ3n) is 3.17. The third kappa shape index (κ3) is 7.14. The summed E-state index contributed by atoms with van der Waals surface area (Å²) in [6.45, 7) is 1.41. The van der Waals surface area contributed by atoms with Crippen LogP contribution in [0.15, 0.2) is 60.7 Å². The molecule has 0 bridgehead atoms. The van der Waals surface area contributed by atoms with Gasteiger partial charge in [-0.25, -0.2) is 0 Å². The average Bonchev–Trinajstić information content (AvgIpc) is 2.55. The standard InChI is InChI=1S/2C8H9O.O.2Sn.4H/c2*9-7-6-8-4-2-1-3-5-8;;;;;;;/h2*1-5H,6-7H2;;;;;;;/q2*-1;;;+2;;;;. The first kappa shape index (κ1) is 17.3. The molecule has 0 heterocycles. The fraction of sp³-hybridized carbons (Fsp3) is 0.250. The van der Waals surface area contributed by atoms with Gasteiger partial charge in [-0.2, -0.15) is 0 Å². The van der Waals surface area contributed by atoms with Gasteiger partial charge in [-0.3, -0.25) is 0 Å². The number of benzene rings is 2. The molecule has 0 spiro atoms. The van der Waals surface area contributed by atoms with Crippen LogP contribution in [0.4, 0.5) is 0 Å². The summed E-state index contributed by atoms with van der Waals surface area (Å²) in [5.41, 5.74) is 2.60. The molecule has 0 amide bonds. The van der Waals surface area contributed by atoms with Crippen molar-refractivity contribution in [2.75, 3.05) is 13.2 Å². The monoisotopic (exact) mass is 502 g/mol. The Balaban J connectivity index is 1.64. The molecule has 2 rings (SSSR count). The molecule has 2 aromatic carbocycles. The van der Waals surface area contributed by atoms with E-state index >= 15 is 0 Å². The summed E-state index contributed by atoms with van der Waals surface area (Å²) in [5, 5.41) is 0. The van der Waals surface area contributed by atoms with Crippen molar-refractivity contribution in [3.8, 4) is 0 Å². The van der Waals surface area contributed by atoms with E-state index in [2.05, 4.69) is 48.5 Å². The minimum atomic E-state index is -2.62. The van der Waals surface area contributed by atoms with E-state index in [0.29, 0.717) is 13.2 Å². The fourth-order valence-electron chi connectivity index (χ4n) is 2.02. The van der Waals surface area contributed by atoms with Gasteiger partial charge in [0.1, 0.15) is 0 Å². The number of rotatable bonds is 9. The van der Waals surface area contributed by atoms with Gasteiger partial charge in [-0.1, -0.05) is 0 Å². The SMILES string of the molecule is [SnH3][O][SnH]([O]CCc1ccccc1)[O]CCc1ccccc1. The van der Waals surface area contributed by atoms with Gasteiger partial charge in [0.2, 0.25) is 0 Å². The quantitative estimate of drug-likeness (QED) is 0.490. The third-order valence-corrected chi connectivity index (χ3v) is 14.5. The minimum absolute atomic E-state index is 0.179. The summed E-state index contributed by atoms with van der Waals surface area (Å²) in [4.78, 5) is 0. The zero-order chi connectivity index (χ0) is 14.8. The molecular weight excluding hydrogens is 478 g/mol. The van der Waals surface area contributed by atoms with E-state index in [9.17, 15) is 0 Å². The molecule has 0 N–H and O–H groups in total. The van der Waals surface area contributed by atoms with Gasteiger partial charge < -0.3 is 0 Å². The summed E-state index contributed by atoms with van der Waals surface area (Å²) >= 11 is -2.44. The van der Waals surface area contributed by atoms with Crippen LogP contribution in [0.5, 0.6) is 0 Å². The van der Waals surface area contributed by atoms with Gasteiger partial charge in [0.25, 0.3) is 0 Å². The van der Waals surface area contributed by atoms with E-state index in [4.69, 9.17) is 7.56 Å². The van der Waals surface area contributed by atoms with Crippen LogP contribution in [0.3, 0.4) is 0 Å². The van der Waals surface area contributed by atoms with Gasteiger partial charge >= 0.3 is 149 Å². The predicted octanol–water partition coefficient (Wildman–Crippen LogP) is 1.52. The van der Waals surface area contributed by atoms with Crippen LogP contribution in [0.2, 0.25) is 0 Å². The summed E-state index contributed by atoms with van der Waals surface area (Å²) in [7, 11) is 0. The molecule has 0 saturated carbocycles. The van der Waals surface area contributed by atoms with Crippen molar-refractivity contribution < 1.29 is 7.56 Å². The van der Waals surface area contributed by atoms with Crippen molar-refractivity contribution in [2.45, 2.75) is 12.8 Å². The fourth-order valence-corrected chi connectivity index (χ4v) is 10.1. The van der Waals surface area contributed by atoms with Gasteiger partial charge in [-0.05, 0) is 0 Å². The molecule has 0 aliphatic carbocycles. The molecule has 0 aliphatic rings. The van der Waals surface area contributed by atoms with E-state index in [-0.39, 0.29) is 22.9 Å². The first-order chi connectivity index (χ1) is 10.4. The van der Waals surface area contributed by atoms with Crippen LogP contribution < -0.4 is 0 Å². The zero-order valence-electron chi connectivity index (χ0n) is 12.4. The second-order valence-electron chi connectivity index (χ2n) is 4.74. The zero-order valence-corrected chi connectivity index (χ0v) is 21.4. The molecule has 0 aliphatic heterocycles. The van der Waals surface area contributed by atoms with Crippen LogP contribution in [0.1, 0.15) is 11.1 Å².